The maximum Gasteiger partial charge on any atom is 0.186 e. The van der Waals surface area contributed by atoms with Crippen LogP contribution in [0.2, 0.25) is 0 Å². The van der Waals surface area contributed by atoms with Crippen molar-refractivity contribution in [2.75, 3.05) is 0 Å². The van der Waals surface area contributed by atoms with Gasteiger partial charge < -0.3 is 32.7 Å². The molecule has 2 aromatic heterocycles. The first-order chi connectivity index (χ1) is 8.59. The minimum Gasteiger partial charge on any atom is -0.759 e. The average Bonchev–Trinajstić information content (AvgIpc) is 2.88. The molecule has 3 N–H and O–H groups in total. The standard InChI is InChI=1S/C9H10N4O4S/c14-4-5(15)9(16)17-8(4)13-6-3(1-12-13)7(18)11-2-10-6/h1-2,4-5,8-9,14-16H,(H,10,11,18)/p-1/t4-,5+,8-,9-/m1/s1. The molecule has 9 heteroatoms. The van der Waals surface area contributed by atoms with Crippen LogP contribution in [-0.2, 0) is 17.4 Å². The van der Waals surface area contributed by atoms with E-state index in [2.05, 4.69) is 15.1 Å². The third-order valence-electron chi connectivity index (χ3n) is 2.81. The zero-order valence-electron chi connectivity index (χ0n) is 8.91. The smallest absolute Gasteiger partial charge is 0.186 e. The van der Waals surface area contributed by atoms with E-state index in [0.29, 0.717) is 16.1 Å². The van der Waals surface area contributed by atoms with Crippen LogP contribution in [0, 0.1) is 0 Å². The lowest BCUT2D eigenvalue weighted by molar-refractivity contribution is -0.143. The van der Waals surface area contributed by atoms with Gasteiger partial charge in [0.25, 0.3) is 0 Å². The maximum absolute atomic E-state index is 9.76. The van der Waals surface area contributed by atoms with Crippen LogP contribution < -0.4 is 0 Å². The lowest BCUT2D eigenvalue weighted by Crippen LogP contribution is -2.31. The van der Waals surface area contributed by atoms with E-state index in [1.807, 2.05) is 0 Å². The molecule has 0 amide bonds. The van der Waals surface area contributed by atoms with Gasteiger partial charge in [0.15, 0.2) is 18.2 Å². The molecule has 3 heterocycles. The number of hydrogen-bond donors (Lipinski definition) is 3. The van der Waals surface area contributed by atoms with Crippen LogP contribution >= 0.6 is 0 Å². The van der Waals surface area contributed by atoms with Gasteiger partial charge in [-0.3, -0.25) is 4.98 Å². The first kappa shape index (κ1) is 11.7. The molecular weight excluding hydrogens is 260 g/mol. The van der Waals surface area contributed by atoms with Gasteiger partial charge in [-0.15, -0.1) is 0 Å². The molecule has 1 aliphatic rings. The molecule has 0 radical (unpaired) electrons. The summed E-state index contributed by atoms with van der Waals surface area (Å²) < 4.78 is 6.30. The summed E-state index contributed by atoms with van der Waals surface area (Å²) in [6, 6.07) is 0. The molecule has 0 aromatic carbocycles. The van der Waals surface area contributed by atoms with Crippen LogP contribution in [0.1, 0.15) is 6.23 Å². The number of rotatable bonds is 1. The van der Waals surface area contributed by atoms with Gasteiger partial charge in [0, 0.05) is 5.39 Å². The topological polar surface area (TPSA) is 114 Å². The fourth-order valence-corrected chi connectivity index (χ4v) is 2.06. The van der Waals surface area contributed by atoms with Crippen molar-refractivity contribution < 1.29 is 20.1 Å². The van der Waals surface area contributed by atoms with E-state index >= 15 is 0 Å². The molecule has 1 saturated heterocycles. The van der Waals surface area contributed by atoms with Crippen LogP contribution in [0.15, 0.2) is 17.6 Å². The molecule has 0 bridgehead atoms. The number of aromatic nitrogens is 4. The SMILES string of the molecule is O[C@@H]1[C@H](O)[C@H](O)O[C@H]1n1ncc2c([S-])ncnc21. The highest BCUT2D eigenvalue weighted by molar-refractivity contribution is 7.59. The predicted molar refractivity (Wildman–Crippen MR) is 59.1 cm³/mol. The Hall–Kier alpha value is -1.39. The van der Waals surface area contributed by atoms with Gasteiger partial charge in [0.2, 0.25) is 0 Å². The van der Waals surface area contributed by atoms with Crippen LogP contribution in [0.5, 0.6) is 0 Å². The summed E-state index contributed by atoms with van der Waals surface area (Å²) in [5.74, 6) is 0. The lowest BCUT2D eigenvalue weighted by Gasteiger charge is -2.15. The van der Waals surface area contributed by atoms with Crippen molar-refractivity contribution in [2.24, 2.45) is 0 Å². The fourth-order valence-electron chi connectivity index (χ4n) is 1.87. The quantitative estimate of drug-likeness (QED) is 0.415. The van der Waals surface area contributed by atoms with Crippen molar-refractivity contribution in [3.8, 4) is 0 Å². The fraction of sp³-hybridized carbons (Fsp3) is 0.444. The molecule has 1 aliphatic heterocycles. The van der Waals surface area contributed by atoms with E-state index in [0.717, 1.165) is 0 Å². The largest absolute Gasteiger partial charge is 0.759 e. The molecule has 0 aliphatic carbocycles. The monoisotopic (exact) mass is 269 g/mol. The van der Waals surface area contributed by atoms with E-state index < -0.39 is 24.7 Å². The third-order valence-corrected chi connectivity index (χ3v) is 3.13. The normalized spacial score (nSPS) is 32.2. The number of ether oxygens (including phenoxy) is 1. The van der Waals surface area contributed by atoms with Crippen LogP contribution in [0.25, 0.3) is 11.0 Å². The summed E-state index contributed by atoms with van der Waals surface area (Å²) in [4.78, 5) is 7.84. The van der Waals surface area contributed by atoms with Crippen molar-refractivity contribution in [1.82, 2.24) is 19.7 Å². The Balaban J connectivity index is 2.08. The average molecular weight is 269 g/mol. The van der Waals surface area contributed by atoms with Gasteiger partial charge in [-0.05, 0) is 0 Å². The lowest BCUT2D eigenvalue weighted by atomic mass is 10.2. The Bertz CT molecular complexity index is 591. The molecule has 4 atom stereocenters. The van der Waals surface area contributed by atoms with E-state index in [1.165, 1.54) is 17.2 Å². The van der Waals surface area contributed by atoms with Gasteiger partial charge in [-0.1, -0.05) is 5.03 Å². The van der Waals surface area contributed by atoms with Crippen LogP contribution in [0.4, 0.5) is 0 Å². The highest BCUT2D eigenvalue weighted by atomic mass is 32.1. The summed E-state index contributed by atoms with van der Waals surface area (Å²) in [6.45, 7) is 0. The van der Waals surface area contributed by atoms with E-state index in [4.69, 9.17) is 17.4 Å². The Kier molecular flexibility index (Phi) is 2.64. The molecule has 96 valence electrons. The Morgan fingerprint density at radius 1 is 1.22 bits per heavy atom. The number of aliphatic hydroxyl groups excluding tert-OH is 3. The molecule has 0 spiro atoms. The zero-order valence-corrected chi connectivity index (χ0v) is 9.73. The van der Waals surface area contributed by atoms with E-state index in [1.54, 1.807) is 0 Å². The highest BCUT2D eigenvalue weighted by Gasteiger charge is 2.43. The molecule has 8 nitrogen and oxygen atoms in total. The minimum absolute atomic E-state index is 0.333. The zero-order chi connectivity index (χ0) is 12.9. The van der Waals surface area contributed by atoms with Crippen molar-refractivity contribution in [3.63, 3.8) is 0 Å². The maximum atomic E-state index is 9.76. The molecule has 1 fully saturated rings. The molecular formula is C9H9N4O4S-. The van der Waals surface area contributed by atoms with Crippen molar-refractivity contribution >= 4 is 23.7 Å². The number of fused-ring (bicyclic) bond motifs is 1. The summed E-state index contributed by atoms with van der Waals surface area (Å²) in [5, 5.41) is 33.4. The first-order valence-corrected chi connectivity index (χ1v) is 5.55. The summed E-state index contributed by atoms with van der Waals surface area (Å²) >= 11 is 5.01. The number of aliphatic hydroxyl groups is 3. The summed E-state index contributed by atoms with van der Waals surface area (Å²) in [7, 11) is 0. The Morgan fingerprint density at radius 3 is 2.67 bits per heavy atom. The second-order valence-corrected chi connectivity index (χ2v) is 4.29. The number of hydrogen-bond acceptors (Lipinski definition) is 8. The third kappa shape index (κ3) is 1.56. The van der Waals surface area contributed by atoms with Gasteiger partial charge in [0.1, 0.15) is 18.5 Å². The van der Waals surface area contributed by atoms with E-state index in [9.17, 15) is 15.3 Å². The summed E-state index contributed by atoms with van der Waals surface area (Å²) in [5.41, 5.74) is 0.375. The van der Waals surface area contributed by atoms with Gasteiger partial charge >= 0.3 is 0 Å². The minimum atomic E-state index is -1.46. The Labute approximate surface area is 106 Å². The van der Waals surface area contributed by atoms with E-state index in [-0.39, 0.29) is 0 Å². The number of nitrogens with zero attached hydrogens (tertiary/aromatic N) is 4. The second kappa shape index (κ2) is 4.07. The van der Waals surface area contributed by atoms with Crippen LogP contribution in [0.3, 0.4) is 0 Å². The predicted octanol–water partition coefficient (Wildman–Crippen LogP) is -1.70. The molecule has 0 saturated carbocycles. The van der Waals surface area contributed by atoms with Crippen molar-refractivity contribution in [1.29, 1.82) is 0 Å². The highest BCUT2D eigenvalue weighted by Crippen LogP contribution is 2.30. The van der Waals surface area contributed by atoms with Gasteiger partial charge in [0.05, 0.1) is 6.20 Å². The molecule has 18 heavy (non-hydrogen) atoms. The second-order valence-electron chi connectivity index (χ2n) is 3.90. The van der Waals surface area contributed by atoms with Gasteiger partial charge in [-0.2, -0.15) is 5.10 Å². The Morgan fingerprint density at radius 2 is 2.00 bits per heavy atom. The molecule has 0 unspecified atom stereocenters. The van der Waals surface area contributed by atoms with Crippen molar-refractivity contribution in [2.45, 2.75) is 29.8 Å². The summed E-state index contributed by atoms with van der Waals surface area (Å²) in [6.07, 6.45) is -2.45. The van der Waals surface area contributed by atoms with Crippen molar-refractivity contribution in [3.05, 3.63) is 12.5 Å². The van der Waals surface area contributed by atoms with Crippen LogP contribution in [-0.4, -0.2) is 53.6 Å². The first-order valence-electron chi connectivity index (χ1n) is 5.14. The van der Waals surface area contributed by atoms with Gasteiger partial charge in [-0.25, -0.2) is 9.67 Å². The molecule has 3 rings (SSSR count). The molecule has 2 aromatic rings.